The molecule has 2 aliphatic rings. The number of hydrogen-bond donors (Lipinski definition) is 0. The Hall–Kier alpha value is -2.76. The Morgan fingerprint density at radius 2 is 1.69 bits per heavy atom. The van der Waals surface area contributed by atoms with Crippen molar-refractivity contribution in [2.45, 2.75) is 25.7 Å². The molecular formula is C23H29N3O3. The number of likely N-dealkylation sites (tertiary alicyclic amines) is 2. The average molecular weight is 396 g/mol. The Balaban J connectivity index is 1.30. The average Bonchev–Trinajstić information content (AvgIpc) is 3.44. The Labute approximate surface area is 172 Å². The summed E-state index contributed by atoms with van der Waals surface area (Å²) in [6, 6.07) is 11.2. The van der Waals surface area contributed by atoms with Gasteiger partial charge in [-0.2, -0.15) is 0 Å². The molecule has 2 aromatic rings. The number of hydrogen-bond acceptors (Lipinski definition) is 3. The summed E-state index contributed by atoms with van der Waals surface area (Å²) in [4.78, 5) is 29.0. The zero-order chi connectivity index (χ0) is 20.2. The maximum Gasteiger partial charge on any atom is 0.270 e. The lowest BCUT2D eigenvalue weighted by molar-refractivity contribution is 0.0624. The molecule has 2 amide bonds. The number of ether oxygens (including phenoxy) is 1. The molecule has 2 fully saturated rings. The van der Waals surface area contributed by atoms with Crippen molar-refractivity contribution in [3.63, 3.8) is 0 Å². The molecule has 1 aromatic carbocycles. The predicted octanol–water partition coefficient (Wildman–Crippen LogP) is 3.19. The van der Waals surface area contributed by atoms with E-state index in [2.05, 4.69) is 0 Å². The zero-order valence-corrected chi connectivity index (χ0v) is 17.0. The van der Waals surface area contributed by atoms with Crippen molar-refractivity contribution in [3.05, 3.63) is 53.9 Å². The van der Waals surface area contributed by atoms with E-state index in [1.165, 1.54) is 0 Å². The van der Waals surface area contributed by atoms with Crippen LogP contribution in [0.3, 0.4) is 0 Å². The summed E-state index contributed by atoms with van der Waals surface area (Å²) in [6.45, 7) is 3.81. The van der Waals surface area contributed by atoms with E-state index in [4.69, 9.17) is 4.74 Å². The summed E-state index contributed by atoms with van der Waals surface area (Å²) in [6.07, 6.45) is 6.14. The van der Waals surface area contributed by atoms with Gasteiger partial charge in [0, 0.05) is 50.9 Å². The van der Waals surface area contributed by atoms with E-state index in [-0.39, 0.29) is 11.8 Å². The van der Waals surface area contributed by atoms with Crippen LogP contribution in [0.4, 0.5) is 0 Å². The summed E-state index contributed by atoms with van der Waals surface area (Å²) in [7, 11) is 1.90. The SMILES string of the molecule is Cn1cccc1C(=O)N1CCCC(COc2ccc(C(=O)N3CCCC3)cc2)C1. The van der Waals surface area contributed by atoms with Crippen molar-refractivity contribution in [1.29, 1.82) is 0 Å². The smallest absolute Gasteiger partial charge is 0.270 e. The lowest BCUT2D eigenvalue weighted by atomic mass is 9.98. The summed E-state index contributed by atoms with van der Waals surface area (Å²) in [5.41, 5.74) is 1.45. The van der Waals surface area contributed by atoms with Gasteiger partial charge < -0.3 is 19.1 Å². The quantitative estimate of drug-likeness (QED) is 0.781. The van der Waals surface area contributed by atoms with Crippen molar-refractivity contribution in [1.82, 2.24) is 14.4 Å². The highest BCUT2D eigenvalue weighted by Gasteiger charge is 2.26. The van der Waals surface area contributed by atoms with Crippen molar-refractivity contribution in [2.24, 2.45) is 13.0 Å². The van der Waals surface area contributed by atoms with Crippen molar-refractivity contribution < 1.29 is 14.3 Å². The number of aryl methyl sites for hydroxylation is 1. The van der Waals surface area contributed by atoms with E-state index in [9.17, 15) is 9.59 Å². The minimum Gasteiger partial charge on any atom is -0.493 e. The summed E-state index contributed by atoms with van der Waals surface area (Å²) in [5, 5.41) is 0. The van der Waals surface area contributed by atoms with Gasteiger partial charge in [-0.25, -0.2) is 0 Å². The number of benzene rings is 1. The minimum absolute atomic E-state index is 0.0898. The number of nitrogens with zero attached hydrogens (tertiary/aromatic N) is 3. The third-order valence-corrected chi connectivity index (χ3v) is 5.95. The van der Waals surface area contributed by atoms with Gasteiger partial charge in [-0.05, 0) is 62.1 Å². The third kappa shape index (κ3) is 4.47. The number of piperidine rings is 1. The number of rotatable bonds is 5. The zero-order valence-electron chi connectivity index (χ0n) is 17.0. The van der Waals surface area contributed by atoms with E-state index in [1.807, 2.05) is 64.0 Å². The number of carbonyl (C=O) groups excluding carboxylic acids is 2. The molecule has 4 rings (SSSR count). The van der Waals surface area contributed by atoms with Gasteiger partial charge in [0.1, 0.15) is 11.4 Å². The maximum absolute atomic E-state index is 12.7. The van der Waals surface area contributed by atoms with E-state index in [1.54, 1.807) is 0 Å². The molecule has 6 heteroatoms. The van der Waals surface area contributed by atoms with Crippen LogP contribution in [0.5, 0.6) is 5.75 Å². The molecule has 0 radical (unpaired) electrons. The van der Waals surface area contributed by atoms with E-state index in [0.29, 0.717) is 12.5 Å². The van der Waals surface area contributed by atoms with Crippen LogP contribution in [0.2, 0.25) is 0 Å². The Morgan fingerprint density at radius 1 is 0.966 bits per heavy atom. The van der Waals surface area contributed by atoms with E-state index < -0.39 is 0 Å². The first kappa shape index (κ1) is 19.6. The molecule has 0 saturated carbocycles. The molecule has 6 nitrogen and oxygen atoms in total. The normalized spacial score (nSPS) is 19.4. The minimum atomic E-state index is 0.0898. The van der Waals surface area contributed by atoms with Gasteiger partial charge in [0.25, 0.3) is 11.8 Å². The molecule has 1 aromatic heterocycles. The Morgan fingerprint density at radius 3 is 2.38 bits per heavy atom. The van der Waals surface area contributed by atoms with Crippen molar-refractivity contribution in [3.8, 4) is 5.75 Å². The number of carbonyl (C=O) groups is 2. The first-order chi connectivity index (χ1) is 14.1. The van der Waals surface area contributed by atoms with E-state index >= 15 is 0 Å². The second kappa shape index (κ2) is 8.72. The molecule has 2 aliphatic heterocycles. The molecule has 0 N–H and O–H groups in total. The first-order valence-electron chi connectivity index (χ1n) is 10.5. The first-order valence-corrected chi connectivity index (χ1v) is 10.5. The second-order valence-electron chi connectivity index (χ2n) is 8.10. The lowest BCUT2D eigenvalue weighted by Gasteiger charge is -2.32. The molecule has 2 saturated heterocycles. The van der Waals surface area contributed by atoms with Crippen LogP contribution >= 0.6 is 0 Å². The Bertz CT molecular complexity index is 853. The largest absolute Gasteiger partial charge is 0.493 e. The van der Waals surface area contributed by atoms with Crippen LogP contribution in [-0.2, 0) is 7.05 Å². The van der Waals surface area contributed by atoms with Crippen LogP contribution < -0.4 is 4.74 Å². The molecule has 154 valence electrons. The predicted molar refractivity (Wildman–Crippen MR) is 111 cm³/mol. The molecule has 3 heterocycles. The third-order valence-electron chi connectivity index (χ3n) is 5.95. The molecule has 1 unspecified atom stereocenters. The van der Waals surface area contributed by atoms with Gasteiger partial charge in [0.2, 0.25) is 0 Å². The van der Waals surface area contributed by atoms with Crippen LogP contribution in [-0.4, -0.2) is 59.0 Å². The van der Waals surface area contributed by atoms with Crippen molar-refractivity contribution >= 4 is 11.8 Å². The Kier molecular flexibility index (Phi) is 5.88. The fourth-order valence-corrected chi connectivity index (χ4v) is 4.24. The van der Waals surface area contributed by atoms with Crippen molar-refractivity contribution in [2.75, 3.05) is 32.8 Å². The maximum atomic E-state index is 12.7. The van der Waals surface area contributed by atoms with Gasteiger partial charge in [-0.15, -0.1) is 0 Å². The molecule has 29 heavy (non-hydrogen) atoms. The highest BCUT2D eigenvalue weighted by molar-refractivity contribution is 5.94. The van der Waals surface area contributed by atoms with Gasteiger partial charge >= 0.3 is 0 Å². The molecular weight excluding hydrogens is 366 g/mol. The molecule has 1 atom stereocenters. The van der Waals surface area contributed by atoms with Gasteiger partial charge in [-0.1, -0.05) is 0 Å². The number of amides is 2. The monoisotopic (exact) mass is 395 g/mol. The van der Waals surface area contributed by atoms with Gasteiger partial charge in [-0.3, -0.25) is 9.59 Å². The highest BCUT2D eigenvalue weighted by atomic mass is 16.5. The standard InChI is InChI=1S/C23H29N3O3/c1-24-12-5-7-21(24)23(28)26-15-4-6-18(16-26)17-29-20-10-8-19(9-11-20)22(27)25-13-2-3-14-25/h5,7-12,18H,2-4,6,13-17H2,1H3. The molecule has 0 bridgehead atoms. The van der Waals surface area contributed by atoms with Crippen LogP contribution in [0, 0.1) is 5.92 Å². The fraction of sp³-hybridized carbons (Fsp3) is 0.478. The summed E-state index contributed by atoms with van der Waals surface area (Å²) < 4.78 is 7.85. The summed E-state index contributed by atoms with van der Waals surface area (Å²) in [5.74, 6) is 1.29. The van der Waals surface area contributed by atoms with Crippen LogP contribution in [0.1, 0.15) is 46.5 Å². The topological polar surface area (TPSA) is 54.8 Å². The molecule has 0 aliphatic carbocycles. The van der Waals surface area contributed by atoms with Gasteiger partial charge in [0.05, 0.1) is 6.61 Å². The second-order valence-corrected chi connectivity index (χ2v) is 8.10. The number of aromatic nitrogens is 1. The fourth-order valence-electron chi connectivity index (χ4n) is 4.24. The summed E-state index contributed by atoms with van der Waals surface area (Å²) >= 11 is 0. The van der Waals surface area contributed by atoms with E-state index in [0.717, 1.165) is 68.9 Å². The van der Waals surface area contributed by atoms with Gasteiger partial charge in [0.15, 0.2) is 0 Å². The lowest BCUT2D eigenvalue weighted by Crippen LogP contribution is -2.42. The highest BCUT2D eigenvalue weighted by Crippen LogP contribution is 2.21. The molecule has 0 spiro atoms. The van der Waals surface area contributed by atoms with Crippen LogP contribution in [0.25, 0.3) is 0 Å². The van der Waals surface area contributed by atoms with Crippen LogP contribution in [0.15, 0.2) is 42.6 Å².